The Bertz CT molecular complexity index is 753. The number of H-pyrrole nitrogens is 1. The maximum Gasteiger partial charge on any atom is 0.0700 e. The van der Waals surface area contributed by atoms with Gasteiger partial charge in [-0.15, -0.1) is 0 Å². The Labute approximate surface area is 142 Å². The van der Waals surface area contributed by atoms with E-state index in [2.05, 4.69) is 27.6 Å². The summed E-state index contributed by atoms with van der Waals surface area (Å²) in [6.45, 7) is 1.48. The van der Waals surface area contributed by atoms with Crippen LogP contribution in [0.1, 0.15) is 5.56 Å². The molecule has 0 bridgehead atoms. The number of aromatic nitrogens is 2. The predicted octanol–water partition coefficient (Wildman–Crippen LogP) is 3.12. The highest BCUT2D eigenvalue weighted by atomic mass is 16.3. The van der Waals surface area contributed by atoms with Crippen LogP contribution in [0, 0.1) is 0 Å². The summed E-state index contributed by atoms with van der Waals surface area (Å²) in [4.78, 5) is 2.02. The monoisotopic (exact) mass is 322 g/mol. The van der Waals surface area contributed by atoms with Crippen molar-refractivity contribution in [1.82, 2.24) is 10.2 Å². The van der Waals surface area contributed by atoms with Gasteiger partial charge < -0.3 is 15.3 Å². The van der Waals surface area contributed by atoms with E-state index in [-0.39, 0.29) is 6.61 Å². The summed E-state index contributed by atoms with van der Waals surface area (Å²) in [7, 11) is 1.97. The second kappa shape index (κ2) is 7.66. The van der Waals surface area contributed by atoms with Gasteiger partial charge in [-0.25, -0.2) is 0 Å². The summed E-state index contributed by atoms with van der Waals surface area (Å²) in [6.07, 6.45) is 1.86. The minimum Gasteiger partial charge on any atom is -0.395 e. The number of benzene rings is 2. The third-order valence-electron chi connectivity index (χ3n) is 4.01. The molecule has 5 nitrogen and oxygen atoms in total. The molecular weight excluding hydrogens is 300 g/mol. The Balaban J connectivity index is 1.66. The highest BCUT2D eigenvalue weighted by Gasteiger charge is 2.07. The van der Waals surface area contributed by atoms with Gasteiger partial charge in [0, 0.05) is 37.1 Å². The molecule has 0 aliphatic carbocycles. The Kier molecular flexibility index (Phi) is 5.13. The molecule has 0 unspecified atom stereocenters. The van der Waals surface area contributed by atoms with E-state index in [0.717, 1.165) is 28.2 Å². The fourth-order valence-electron chi connectivity index (χ4n) is 2.61. The van der Waals surface area contributed by atoms with E-state index in [1.165, 1.54) is 0 Å². The standard InChI is InChI=1S/C19H22N4O/c1-23(11-12-24)18-9-7-17(8-10-18)20-13-16-14-21-22-19(16)15-5-3-2-4-6-15/h2-10,14,20,24H,11-13H2,1H3,(H,21,22). The third kappa shape index (κ3) is 3.75. The van der Waals surface area contributed by atoms with Crippen molar-refractivity contribution in [3.8, 4) is 11.3 Å². The van der Waals surface area contributed by atoms with Crippen LogP contribution in [-0.2, 0) is 6.54 Å². The maximum atomic E-state index is 9.00. The first-order chi connectivity index (χ1) is 11.8. The maximum absolute atomic E-state index is 9.00. The van der Waals surface area contributed by atoms with Crippen LogP contribution in [0.15, 0.2) is 60.8 Å². The first-order valence-electron chi connectivity index (χ1n) is 8.01. The van der Waals surface area contributed by atoms with E-state index >= 15 is 0 Å². The number of hydrogen-bond donors (Lipinski definition) is 3. The molecule has 0 aliphatic heterocycles. The van der Waals surface area contributed by atoms with Crippen LogP contribution >= 0.6 is 0 Å². The second-order valence-electron chi connectivity index (χ2n) is 5.68. The topological polar surface area (TPSA) is 64.2 Å². The van der Waals surface area contributed by atoms with Crippen molar-refractivity contribution in [3.05, 3.63) is 66.4 Å². The zero-order valence-corrected chi connectivity index (χ0v) is 13.7. The first kappa shape index (κ1) is 16.1. The number of aliphatic hydroxyl groups is 1. The lowest BCUT2D eigenvalue weighted by atomic mass is 10.1. The van der Waals surface area contributed by atoms with Gasteiger partial charge in [-0.05, 0) is 29.8 Å². The van der Waals surface area contributed by atoms with E-state index < -0.39 is 0 Å². The van der Waals surface area contributed by atoms with E-state index in [1.807, 2.05) is 60.6 Å². The summed E-state index contributed by atoms with van der Waals surface area (Å²) in [5.41, 5.74) is 5.44. The van der Waals surface area contributed by atoms with Gasteiger partial charge in [0.25, 0.3) is 0 Å². The molecule has 2 aromatic carbocycles. The molecule has 0 spiro atoms. The van der Waals surface area contributed by atoms with Crippen LogP contribution in [0.5, 0.6) is 0 Å². The number of anilines is 2. The van der Waals surface area contributed by atoms with Crippen molar-refractivity contribution in [3.63, 3.8) is 0 Å². The molecule has 124 valence electrons. The number of aromatic amines is 1. The molecule has 0 atom stereocenters. The SMILES string of the molecule is CN(CCO)c1ccc(NCc2cn[nH]c2-c2ccccc2)cc1. The van der Waals surface area contributed by atoms with Crippen molar-refractivity contribution in [2.75, 3.05) is 30.4 Å². The van der Waals surface area contributed by atoms with E-state index in [4.69, 9.17) is 5.11 Å². The summed E-state index contributed by atoms with van der Waals surface area (Å²) < 4.78 is 0. The molecule has 3 aromatic rings. The van der Waals surface area contributed by atoms with Gasteiger partial charge >= 0.3 is 0 Å². The average molecular weight is 322 g/mol. The van der Waals surface area contributed by atoms with Gasteiger partial charge in [0.1, 0.15) is 0 Å². The van der Waals surface area contributed by atoms with Crippen LogP contribution in [-0.4, -0.2) is 35.5 Å². The lowest BCUT2D eigenvalue weighted by Crippen LogP contribution is -2.20. The molecule has 0 amide bonds. The molecular formula is C19H22N4O. The van der Waals surface area contributed by atoms with E-state index in [1.54, 1.807) is 0 Å². The van der Waals surface area contributed by atoms with Gasteiger partial charge in [-0.1, -0.05) is 30.3 Å². The molecule has 5 heteroatoms. The van der Waals surface area contributed by atoms with Crippen molar-refractivity contribution in [2.45, 2.75) is 6.54 Å². The molecule has 0 saturated heterocycles. The Morgan fingerprint density at radius 1 is 1.08 bits per heavy atom. The van der Waals surface area contributed by atoms with Crippen molar-refractivity contribution in [1.29, 1.82) is 0 Å². The van der Waals surface area contributed by atoms with Gasteiger partial charge in [-0.3, -0.25) is 5.10 Å². The quantitative estimate of drug-likeness (QED) is 0.625. The van der Waals surface area contributed by atoms with Crippen LogP contribution in [0.4, 0.5) is 11.4 Å². The van der Waals surface area contributed by atoms with Crippen molar-refractivity contribution in [2.24, 2.45) is 0 Å². The molecule has 1 heterocycles. The summed E-state index contributed by atoms with van der Waals surface area (Å²) in [5.74, 6) is 0. The minimum atomic E-state index is 0.152. The molecule has 3 rings (SSSR count). The smallest absolute Gasteiger partial charge is 0.0700 e. The molecule has 3 N–H and O–H groups in total. The molecule has 24 heavy (non-hydrogen) atoms. The van der Waals surface area contributed by atoms with Crippen LogP contribution < -0.4 is 10.2 Å². The minimum absolute atomic E-state index is 0.152. The zero-order valence-electron chi connectivity index (χ0n) is 13.7. The Morgan fingerprint density at radius 3 is 2.54 bits per heavy atom. The predicted molar refractivity (Wildman–Crippen MR) is 98.1 cm³/mol. The lowest BCUT2D eigenvalue weighted by Gasteiger charge is -2.18. The Morgan fingerprint density at radius 2 is 1.83 bits per heavy atom. The van der Waals surface area contributed by atoms with Crippen LogP contribution in [0.2, 0.25) is 0 Å². The summed E-state index contributed by atoms with van der Waals surface area (Å²) in [6, 6.07) is 18.4. The molecule has 0 saturated carbocycles. The molecule has 0 radical (unpaired) electrons. The largest absolute Gasteiger partial charge is 0.395 e. The fraction of sp³-hybridized carbons (Fsp3) is 0.211. The summed E-state index contributed by atoms with van der Waals surface area (Å²) in [5, 5.41) is 19.7. The highest BCUT2D eigenvalue weighted by molar-refractivity contribution is 5.63. The number of rotatable bonds is 7. The van der Waals surface area contributed by atoms with Crippen LogP contribution in [0.3, 0.4) is 0 Å². The molecule has 0 aliphatic rings. The number of nitrogens with zero attached hydrogens (tertiary/aromatic N) is 2. The molecule has 0 fully saturated rings. The van der Waals surface area contributed by atoms with Crippen molar-refractivity contribution < 1.29 is 5.11 Å². The lowest BCUT2D eigenvalue weighted by molar-refractivity contribution is 0.304. The number of hydrogen-bond acceptors (Lipinski definition) is 4. The van der Waals surface area contributed by atoms with Gasteiger partial charge in [0.05, 0.1) is 18.5 Å². The normalized spacial score (nSPS) is 10.6. The number of nitrogens with one attached hydrogen (secondary N) is 2. The van der Waals surface area contributed by atoms with E-state index in [0.29, 0.717) is 13.1 Å². The first-order valence-corrected chi connectivity index (χ1v) is 8.01. The fourth-order valence-corrected chi connectivity index (χ4v) is 2.61. The van der Waals surface area contributed by atoms with Gasteiger partial charge in [0.15, 0.2) is 0 Å². The van der Waals surface area contributed by atoms with Gasteiger partial charge in [-0.2, -0.15) is 5.10 Å². The van der Waals surface area contributed by atoms with Gasteiger partial charge in [0.2, 0.25) is 0 Å². The Hall–Kier alpha value is -2.79. The molecule has 1 aromatic heterocycles. The number of likely N-dealkylation sites (N-methyl/N-ethyl adjacent to an activating group) is 1. The zero-order chi connectivity index (χ0) is 16.8. The summed E-state index contributed by atoms with van der Waals surface area (Å²) >= 11 is 0. The van der Waals surface area contributed by atoms with E-state index in [9.17, 15) is 0 Å². The van der Waals surface area contributed by atoms with Crippen LogP contribution in [0.25, 0.3) is 11.3 Å². The third-order valence-corrected chi connectivity index (χ3v) is 4.01. The number of aliphatic hydroxyl groups excluding tert-OH is 1. The highest BCUT2D eigenvalue weighted by Crippen LogP contribution is 2.22. The average Bonchev–Trinajstić information content (AvgIpc) is 3.10. The second-order valence-corrected chi connectivity index (χ2v) is 5.68. The van der Waals surface area contributed by atoms with Crippen molar-refractivity contribution >= 4 is 11.4 Å².